The van der Waals surface area contributed by atoms with Crippen molar-refractivity contribution >= 4 is 17.4 Å². The van der Waals surface area contributed by atoms with Gasteiger partial charge in [0.15, 0.2) is 0 Å². The van der Waals surface area contributed by atoms with Gasteiger partial charge in [0.25, 0.3) is 5.56 Å². The maximum absolute atomic E-state index is 12.0. The molecule has 0 aliphatic rings. The van der Waals surface area contributed by atoms with E-state index in [0.29, 0.717) is 10.8 Å². The molecule has 21 heavy (non-hydrogen) atoms. The van der Waals surface area contributed by atoms with Gasteiger partial charge in [-0.3, -0.25) is 14.3 Å². The molecular formula is C15H18ClN3O2. The number of nitrogens with one attached hydrogen (secondary N) is 2. The number of benzene rings is 1. The van der Waals surface area contributed by atoms with Crippen LogP contribution in [0, 0.1) is 0 Å². The van der Waals surface area contributed by atoms with E-state index in [1.54, 1.807) is 19.9 Å². The number of hydrogen-bond acceptors (Lipinski definition) is 3. The fraction of sp³-hybridized carbons (Fsp3) is 0.333. The van der Waals surface area contributed by atoms with Crippen LogP contribution in [-0.4, -0.2) is 9.55 Å². The van der Waals surface area contributed by atoms with Crippen molar-refractivity contribution in [2.24, 2.45) is 0 Å². The third-order valence-corrected chi connectivity index (χ3v) is 3.57. The summed E-state index contributed by atoms with van der Waals surface area (Å²) in [6, 6.07) is 8.50. The molecule has 5 nitrogen and oxygen atoms in total. The molecule has 1 atom stereocenters. The summed E-state index contributed by atoms with van der Waals surface area (Å²) in [4.78, 5) is 26.6. The molecule has 1 unspecified atom stereocenters. The van der Waals surface area contributed by atoms with Crippen molar-refractivity contribution in [1.82, 2.24) is 9.55 Å². The van der Waals surface area contributed by atoms with Gasteiger partial charge in [0.2, 0.25) is 0 Å². The highest BCUT2D eigenvalue weighted by molar-refractivity contribution is 6.31. The van der Waals surface area contributed by atoms with E-state index in [2.05, 4.69) is 10.3 Å². The van der Waals surface area contributed by atoms with Gasteiger partial charge in [0.05, 0.1) is 6.04 Å². The molecule has 0 saturated carbocycles. The van der Waals surface area contributed by atoms with Gasteiger partial charge in [0, 0.05) is 17.1 Å². The van der Waals surface area contributed by atoms with Crippen LogP contribution in [-0.2, 0) is 0 Å². The van der Waals surface area contributed by atoms with E-state index in [-0.39, 0.29) is 17.6 Å². The second-order valence-electron chi connectivity index (χ2n) is 5.18. The summed E-state index contributed by atoms with van der Waals surface area (Å²) in [5, 5.41) is 3.73. The van der Waals surface area contributed by atoms with Crippen LogP contribution in [0.15, 0.2) is 39.9 Å². The number of nitrogens with zero attached hydrogens (tertiary/aromatic N) is 1. The number of H-pyrrole nitrogens is 1. The van der Waals surface area contributed by atoms with E-state index >= 15 is 0 Å². The second-order valence-corrected chi connectivity index (χ2v) is 5.58. The van der Waals surface area contributed by atoms with Crippen LogP contribution in [0.4, 0.5) is 5.82 Å². The predicted molar refractivity (Wildman–Crippen MR) is 85.2 cm³/mol. The van der Waals surface area contributed by atoms with Gasteiger partial charge in [-0.05, 0) is 32.4 Å². The number of hydrogen-bond donors (Lipinski definition) is 2. The average Bonchev–Trinajstić information content (AvgIpc) is 2.37. The summed E-state index contributed by atoms with van der Waals surface area (Å²) >= 11 is 6.14. The van der Waals surface area contributed by atoms with E-state index in [1.807, 2.05) is 25.1 Å². The third-order valence-electron chi connectivity index (χ3n) is 3.23. The zero-order chi connectivity index (χ0) is 15.6. The largest absolute Gasteiger partial charge is 0.365 e. The molecule has 0 radical (unpaired) electrons. The molecule has 0 fully saturated rings. The zero-order valence-electron chi connectivity index (χ0n) is 12.2. The molecule has 1 heterocycles. The lowest BCUT2D eigenvalue weighted by Crippen LogP contribution is -2.36. The van der Waals surface area contributed by atoms with Crippen molar-refractivity contribution in [3.8, 4) is 0 Å². The smallest absolute Gasteiger partial charge is 0.330 e. The van der Waals surface area contributed by atoms with Crippen LogP contribution in [0.3, 0.4) is 0 Å². The first-order valence-electron chi connectivity index (χ1n) is 6.77. The number of rotatable bonds is 4. The Labute approximate surface area is 127 Å². The Bertz CT molecular complexity index is 718. The summed E-state index contributed by atoms with van der Waals surface area (Å²) in [5.41, 5.74) is 0.141. The van der Waals surface area contributed by atoms with Crippen molar-refractivity contribution < 1.29 is 0 Å². The zero-order valence-corrected chi connectivity index (χ0v) is 12.9. The molecule has 2 N–H and O–H groups in total. The quantitative estimate of drug-likeness (QED) is 0.912. The molecule has 0 aliphatic carbocycles. The number of anilines is 1. The highest BCUT2D eigenvalue weighted by atomic mass is 35.5. The van der Waals surface area contributed by atoms with Crippen LogP contribution >= 0.6 is 11.6 Å². The molecule has 6 heteroatoms. The summed E-state index contributed by atoms with van der Waals surface area (Å²) in [6.45, 7) is 5.49. The van der Waals surface area contributed by atoms with E-state index in [0.717, 1.165) is 5.56 Å². The van der Waals surface area contributed by atoms with Gasteiger partial charge in [-0.25, -0.2) is 4.79 Å². The Balaban J connectivity index is 2.31. The van der Waals surface area contributed by atoms with Crippen LogP contribution in [0.2, 0.25) is 5.02 Å². The standard InChI is InChI=1S/C15H18ClN3O2/c1-9(2)19-14(20)8-13(18-15(19)21)17-10(3)11-6-4-5-7-12(11)16/h4-10,17H,1-3H3,(H,18,21). The minimum atomic E-state index is -0.425. The van der Waals surface area contributed by atoms with E-state index in [1.165, 1.54) is 10.6 Å². The van der Waals surface area contributed by atoms with Crippen molar-refractivity contribution in [2.45, 2.75) is 32.9 Å². The first-order chi connectivity index (χ1) is 9.90. The molecule has 0 bridgehead atoms. The highest BCUT2D eigenvalue weighted by Gasteiger charge is 2.12. The van der Waals surface area contributed by atoms with Gasteiger partial charge in [-0.2, -0.15) is 0 Å². The monoisotopic (exact) mass is 307 g/mol. The van der Waals surface area contributed by atoms with Gasteiger partial charge in [0.1, 0.15) is 5.82 Å². The Hall–Kier alpha value is -2.01. The molecule has 1 aromatic heterocycles. The molecule has 1 aromatic carbocycles. The van der Waals surface area contributed by atoms with Crippen molar-refractivity contribution in [2.75, 3.05) is 5.32 Å². The van der Waals surface area contributed by atoms with Crippen LogP contribution in [0.25, 0.3) is 0 Å². The predicted octanol–water partition coefficient (Wildman–Crippen LogP) is 2.94. The first kappa shape index (κ1) is 15.4. The van der Waals surface area contributed by atoms with Crippen molar-refractivity contribution in [3.63, 3.8) is 0 Å². The molecule has 0 aliphatic heterocycles. The molecule has 0 saturated heterocycles. The first-order valence-corrected chi connectivity index (χ1v) is 7.14. The van der Waals surface area contributed by atoms with Crippen LogP contribution < -0.4 is 16.6 Å². The van der Waals surface area contributed by atoms with Crippen molar-refractivity contribution in [1.29, 1.82) is 0 Å². The topological polar surface area (TPSA) is 66.9 Å². The van der Waals surface area contributed by atoms with Gasteiger partial charge in [-0.15, -0.1) is 0 Å². The molecule has 112 valence electrons. The van der Waals surface area contributed by atoms with Crippen LogP contribution in [0.5, 0.6) is 0 Å². The number of aromatic nitrogens is 2. The maximum Gasteiger partial charge on any atom is 0.330 e. The van der Waals surface area contributed by atoms with Gasteiger partial charge >= 0.3 is 5.69 Å². The van der Waals surface area contributed by atoms with E-state index in [4.69, 9.17) is 11.6 Å². The van der Waals surface area contributed by atoms with Gasteiger partial charge < -0.3 is 5.32 Å². The fourth-order valence-corrected chi connectivity index (χ4v) is 2.51. The second kappa shape index (κ2) is 6.18. The number of halogens is 1. The highest BCUT2D eigenvalue weighted by Crippen LogP contribution is 2.24. The minimum absolute atomic E-state index is 0.136. The third kappa shape index (κ3) is 3.36. The Morgan fingerprint density at radius 3 is 2.43 bits per heavy atom. The Morgan fingerprint density at radius 1 is 1.19 bits per heavy atom. The lowest BCUT2D eigenvalue weighted by molar-refractivity contribution is 0.546. The lowest BCUT2D eigenvalue weighted by Gasteiger charge is -2.17. The molecule has 0 amide bonds. The molecular weight excluding hydrogens is 290 g/mol. The molecule has 2 aromatic rings. The molecule has 0 spiro atoms. The summed E-state index contributed by atoms with van der Waals surface area (Å²) in [6.07, 6.45) is 0. The normalized spacial score (nSPS) is 12.4. The maximum atomic E-state index is 12.0. The SMILES string of the molecule is CC(Nc1cc(=O)n(C(C)C)c(=O)[nH]1)c1ccccc1Cl. The van der Waals surface area contributed by atoms with Crippen LogP contribution in [0.1, 0.15) is 38.4 Å². The average molecular weight is 308 g/mol. The summed E-state index contributed by atoms with van der Waals surface area (Å²) in [5.74, 6) is 0.384. The summed E-state index contributed by atoms with van der Waals surface area (Å²) < 4.78 is 1.17. The Kier molecular flexibility index (Phi) is 4.53. The lowest BCUT2D eigenvalue weighted by atomic mass is 10.1. The number of aromatic amines is 1. The van der Waals surface area contributed by atoms with Gasteiger partial charge in [-0.1, -0.05) is 29.8 Å². The molecule has 2 rings (SSSR count). The van der Waals surface area contributed by atoms with E-state index in [9.17, 15) is 9.59 Å². The minimum Gasteiger partial charge on any atom is -0.365 e. The summed E-state index contributed by atoms with van der Waals surface area (Å²) in [7, 11) is 0. The Morgan fingerprint density at radius 2 is 1.86 bits per heavy atom. The van der Waals surface area contributed by atoms with E-state index < -0.39 is 5.69 Å². The fourth-order valence-electron chi connectivity index (χ4n) is 2.21. The van der Waals surface area contributed by atoms with Crippen molar-refractivity contribution in [3.05, 3.63) is 61.8 Å².